The van der Waals surface area contributed by atoms with Gasteiger partial charge in [0.25, 0.3) is 0 Å². The number of benzene rings is 1. The number of hydrogen-bond donors (Lipinski definition) is 1. The van der Waals surface area contributed by atoms with E-state index < -0.39 is 40.9 Å². The maximum Gasteiger partial charge on any atom is 0.442 e. The van der Waals surface area contributed by atoms with Crippen LogP contribution < -0.4 is 0 Å². The summed E-state index contributed by atoms with van der Waals surface area (Å²) in [6.07, 6.45) is 0. The van der Waals surface area contributed by atoms with Gasteiger partial charge in [0.2, 0.25) is 5.91 Å². The van der Waals surface area contributed by atoms with Crippen molar-refractivity contribution in [1.82, 2.24) is 4.90 Å². The van der Waals surface area contributed by atoms with Crippen molar-refractivity contribution in [1.29, 1.82) is 0 Å². The minimum absolute atomic E-state index is 0.0500. The predicted octanol–water partition coefficient (Wildman–Crippen LogP) is 2.74. The van der Waals surface area contributed by atoms with Crippen LogP contribution in [0, 0.1) is 0 Å². The SMILES string of the molecule is CC(C(=O)O)N(Cc1ccccc1)C(=O)CSC(F)(F)F. The second-order valence-corrected chi connectivity index (χ2v) is 5.30. The van der Waals surface area contributed by atoms with Crippen LogP contribution in [0.25, 0.3) is 0 Å². The molecule has 1 unspecified atom stereocenters. The van der Waals surface area contributed by atoms with Crippen molar-refractivity contribution < 1.29 is 27.9 Å². The number of rotatable bonds is 6. The molecule has 0 aromatic heterocycles. The molecule has 1 rings (SSSR count). The summed E-state index contributed by atoms with van der Waals surface area (Å²) in [5, 5.41) is 8.98. The van der Waals surface area contributed by atoms with E-state index in [1.54, 1.807) is 30.3 Å². The molecule has 0 radical (unpaired) electrons. The predicted molar refractivity (Wildman–Crippen MR) is 72.6 cm³/mol. The van der Waals surface area contributed by atoms with Crippen molar-refractivity contribution in [3.05, 3.63) is 35.9 Å². The Labute approximate surface area is 123 Å². The Kier molecular flexibility index (Phi) is 6.07. The van der Waals surface area contributed by atoms with Crippen molar-refractivity contribution in [2.24, 2.45) is 0 Å². The van der Waals surface area contributed by atoms with Gasteiger partial charge in [-0.25, -0.2) is 4.79 Å². The maximum atomic E-state index is 12.1. The van der Waals surface area contributed by atoms with Crippen LogP contribution in [0.2, 0.25) is 0 Å². The highest BCUT2D eigenvalue weighted by atomic mass is 32.2. The normalized spacial score (nSPS) is 12.8. The average Bonchev–Trinajstić information content (AvgIpc) is 2.41. The summed E-state index contributed by atoms with van der Waals surface area (Å²) in [4.78, 5) is 23.8. The maximum absolute atomic E-state index is 12.1. The second kappa shape index (κ2) is 7.35. The Bertz CT molecular complexity index is 493. The van der Waals surface area contributed by atoms with Crippen LogP contribution in [0.3, 0.4) is 0 Å². The fourth-order valence-corrected chi connectivity index (χ4v) is 2.03. The summed E-state index contributed by atoms with van der Waals surface area (Å²) in [7, 11) is 0. The summed E-state index contributed by atoms with van der Waals surface area (Å²) in [5.41, 5.74) is -3.88. The zero-order valence-corrected chi connectivity index (χ0v) is 11.9. The number of aliphatic carboxylic acids is 1. The third-order valence-corrected chi connectivity index (χ3v) is 3.42. The molecule has 0 bridgehead atoms. The third-order valence-electron chi connectivity index (χ3n) is 2.70. The van der Waals surface area contributed by atoms with E-state index in [9.17, 15) is 22.8 Å². The number of nitrogens with zero attached hydrogens (tertiary/aromatic N) is 1. The quantitative estimate of drug-likeness (QED) is 0.875. The van der Waals surface area contributed by atoms with Gasteiger partial charge in [-0.1, -0.05) is 30.3 Å². The molecule has 116 valence electrons. The first-order valence-electron chi connectivity index (χ1n) is 5.97. The molecule has 4 nitrogen and oxygen atoms in total. The molecular formula is C13H14F3NO3S. The molecular weight excluding hydrogens is 307 g/mol. The molecule has 0 aliphatic carbocycles. The van der Waals surface area contributed by atoms with Gasteiger partial charge in [0.1, 0.15) is 6.04 Å². The number of halogens is 3. The van der Waals surface area contributed by atoms with Crippen LogP contribution in [-0.4, -0.2) is 39.2 Å². The van der Waals surface area contributed by atoms with Crippen LogP contribution in [0.1, 0.15) is 12.5 Å². The smallest absolute Gasteiger partial charge is 0.442 e. The van der Waals surface area contributed by atoms with Crippen molar-refractivity contribution in [2.75, 3.05) is 5.75 Å². The van der Waals surface area contributed by atoms with Crippen LogP contribution in [0.4, 0.5) is 13.2 Å². The first kappa shape index (κ1) is 17.4. The lowest BCUT2D eigenvalue weighted by atomic mass is 10.2. The lowest BCUT2D eigenvalue weighted by Crippen LogP contribution is -2.43. The Morgan fingerprint density at radius 3 is 2.33 bits per heavy atom. The van der Waals surface area contributed by atoms with Crippen molar-refractivity contribution in [2.45, 2.75) is 25.0 Å². The second-order valence-electron chi connectivity index (χ2n) is 4.26. The lowest BCUT2D eigenvalue weighted by molar-refractivity contribution is -0.149. The van der Waals surface area contributed by atoms with Crippen LogP contribution in [-0.2, 0) is 16.1 Å². The lowest BCUT2D eigenvalue weighted by Gasteiger charge is -2.26. The standard InChI is InChI=1S/C13H14F3NO3S/c1-9(12(19)20)17(7-10-5-3-2-4-6-10)11(18)8-21-13(14,15)16/h2-6,9H,7-8H2,1H3,(H,19,20). The number of carboxylic acids is 1. The van der Waals surface area contributed by atoms with Crippen molar-refractivity contribution >= 4 is 23.6 Å². The van der Waals surface area contributed by atoms with Crippen LogP contribution in [0.15, 0.2) is 30.3 Å². The number of carbonyl (C=O) groups excluding carboxylic acids is 1. The largest absolute Gasteiger partial charge is 0.480 e. The average molecular weight is 321 g/mol. The Morgan fingerprint density at radius 1 is 1.29 bits per heavy atom. The number of hydrogen-bond acceptors (Lipinski definition) is 3. The molecule has 1 N–H and O–H groups in total. The first-order chi connectivity index (χ1) is 9.70. The van der Waals surface area contributed by atoms with Crippen molar-refractivity contribution in [3.8, 4) is 0 Å². The molecule has 0 heterocycles. The van der Waals surface area contributed by atoms with Gasteiger partial charge in [0.05, 0.1) is 5.75 Å². The van der Waals surface area contributed by atoms with E-state index >= 15 is 0 Å². The van der Waals surface area contributed by atoms with Gasteiger partial charge in [-0.3, -0.25) is 4.79 Å². The minimum Gasteiger partial charge on any atom is -0.480 e. The molecule has 1 atom stereocenters. The molecule has 1 amide bonds. The molecule has 0 aliphatic rings. The number of carbonyl (C=O) groups is 2. The van der Waals surface area contributed by atoms with Gasteiger partial charge in [-0.05, 0) is 24.2 Å². The summed E-state index contributed by atoms with van der Waals surface area (Å²) >= 11 is -0.474. The highest BCUT2D eigenvalue weighted by Crippen LogP contribution is 2.30. The Morgan fingerprint density at radius 2 is 1.86 bits per heavy atom. The van der Waals surface area contributed by atoms with E-state index in [0.29, 0.717) is 5.56 Å². The zero-order chi connectivity index (χ0) is 16.0. The summed E-state index contributed by atoms with van der Waals surface area (Å²) in [5.74, 6) is -2.97. The number of thioether (sulfide) groups is 1. The number of alkyl halides is 3. The molecule has 0 saturated carbocycles. The molecule has 1 aromatic rings. The Balaban J connectivity index is 2.82. The van der Waals surface area contributed by atoms with Crippen LogP contribution in [0.5, 0.6) is 0 Å². The fourth-order valence-electron chi connectivity index (χ4n) is 1.58. The first-order valence-corrected chi connectivity index (χ1v) is 6.96. The highest BCUT2D eigenvalue weighted by Gasteiger charge is 2.32. The molecule has 8 heteroatoms. The van der Waals surface area contributed by atoms with E-state index in [-0.39, 0.29) is 6.54 Å². The molecule has 21 heavy (non-hydrogen) atoms. The molecule has 0 fully saturated rings. The fraction of sp³-hybridized carbons (Fsp3) is 0.385. The van der Waals surface area contributed by atoms with Gasteiger partial charge in [0.15, 0.2) is 0 Å². The summed E-state index contributed by atoms with van der Waals surface area (Å²) < 4.78 is 36.4. The van der Waals surface area contributed by atoms with E-state index in [1.165, 1.54) is 6.92 Å². The van der Waals surface area contributed by atoms with Gasteiger partial charge in [-0.15, -0.1) is 0 Å². The van der Waals surface area contributed by atoms with Gasteiger partial charge in [-0.2, -0.15) is 13.2 Å². The molecule has 0 aliphatic heterocycles. The Hall–Kier alpha value is -1.70. The summed E-state index contributed by atoms with van der Waals surface area (Å²) in [6.45, 7) is 1.22. The van der Waals surface area contributed by atoms with Gasteiger partial charge in [0, 0.05) is 6.54 Å². The minimum atomic E-state index is -4.53. The topological polar surface area (TPSA) is 57.6 Å². The van der Waals surface area contributed by atoms with Crippen molar-refractivity contribution in [3.63, 3.8) is 0 Å². The van der Waals surface area contributed by atoms with Crippen LogP contribution >= 0.6 is 11.8 Å². The van der Waals surface area contributed by atoms with Gasteiger partial charge >= 0.3 is 11.5 Å². The number of amides is 1. The molecule has 0 saturated heterocycles. The van der Waals surface area contributed by atoms with E-state index in [1.807, 2.05) is 0 Å². The molecule has 1 aromatic carbocycles. The monoisotopic (exact) mass is 321 g/mol. The van der Waals surface area contributed by atoms with E-state index in [4.69, 9.17) is 5.11 Å². The highest BCUT2D eigenvalue weighted by molar-refractivity contribution is 8.00. The zero-order valence-electron chi connectivity index (χ0n) is 11.1. The van der Waals surface area contributed by atoms with Gasteiger partial charge < -0.3 is 10.0 Å². The summed E-state index contributed by atoms with van der Waals surface area (Å²) in [6, 6.07) is 7.29. The number of carboxylic acid groups (broad SMARTS) is 1. The van der Waals surface area contributed by atoms with E-state index in [0.717, 1.165) is 4.90 Å². The molecule has 0 spiro atoms. The third kappa shape index (κ3) is 6.07. The van der Waals surface area contributed by atoms with E-state index in [2.05, 4.69) is 0 Å².